The highest BCUT2D eigenvalue weighted by atomic mass is 19.1. The van der Waals surface area contributed by atoms with Crippen molar-refractivity contribution in [3.05, 3.63) is 64.6 Å². The Morgan fingerprint density at radius 2 is 2.05 bits per heavy atom. The molecule has 1 fully saturated rings. The fourth-order valence-electron chi connectivity index (χ4n) is 5.97. The van der Waals surface area contributed by atoms with Crippen LogP contribution in [0.25, 0.3) is 11.0 Å². The van der Waals surface area contributed by atoms with E-state index >= 15 is 0 Å². The van der Waals surface area contributed by atoms with Crippen molar-refractivity contribution in [3.63, 3.8) is 0 Å². The van der Waals surface area contributed by atoms with Crippen LogP contribution in [0.1, 0.15) is 74.3 Å². The zero-order valence-electron chi connectivity index (χ0n) is 24.5. The smallest absolute Gasteiger partial charge is 0.399 e. The number of nitrogens with one attached hydrogen (secondary N) is 1. The third-order valence-electron chi connectivity index (χ3n) is 8.37. The van der Waals surface area contributed by atoms with E-state index in [0.717, 1.165) is 43.4 Å². The summed E-state index contributed by atoms with van der Waals surface area (Å²) in [5.74, 6) is 0.530. The number of rotatable bonds is 8. The highest BCUT2D eigenvalue weighted by molar-refractivity contribution is 5.79. The van der Waals surface area contributed by atoms with E-state index in [-0.39, 0.29) is 31.5 Å². The van der Waals surface area contributed by atoms with Crippen LogP contribution in [-0.2, 0) is 17.7 Å². The second-order valence-corrected chi connectivity index (χ2v) is 11.7. The van der Waals surface area contributed by atoms with Gasteiger partial charge in [0, 0.05) is 61.0 Å². The molecule has 1 atom stereocenters. The van der Waals surface area contributed by atoms with Crippen LogP contribution in [0.4, 0.5) is 9.18 Å². The van der Waals surface area contributed by atoms with E-state index in [2.05, 4.69) is 15.5 Å². The highest BCUT2D eigenvalue weighted by Crippen LogP contribution is 2.35. The summed E-state index contributed by atoms with van der Waals surface area (Å²) in [6, 6.07) is 4.49. The van der Waals surface area contributed by atoms with Crippen LogP contribution in [0.3, 0.4) is 0 Å². The second kappa shape index (κ2) is 12.7. The number of alkyl carbamates (subject to hydrolysis) is 1. The fourth-order valence-corrected chi connectivity index (χ4v) is 5.97. The minimum absolute atomic E-state index is 0. The number of likely N-dealkylation sites (tertiary alicyclic amines) is 1. The van der Waals surface area contributed by atoms with Crippen molar-refractivity contribution in [2.75, 3.05) is 32.9 Å². The van der Waals surface area contributed by atoms with Gasteiger partial charge >= 0.3 is 6.09 Å². The number of ether oxygens (including phenoxy) is 1. The maximum atomic E-state index is 13.7. The maximum Gasteiger partial charge on any atom is 0.411 e. The number of aliphatic hydroxyl groups excluding tert-OH is 1. The lowest BCUT2D eigenvalue weighted by Gasteiger charge is -2.42. The molecule has 1 amide bonds. The molecule has 0 bridgehead atoms. The minimum atomic E-state index is -0.714. The lowest BCUT2D eigenvalue weighted by molar-refractivity contribution is -0.947. The van der Waals surface area contributed by atoms with Crippen molar-refractivity contribution in [2.24, 2.45) is 5.92 Å². The van der Waals surface area contributed by atoms with Crippen molar-refractivity contribution in [1.82, 2.24) is 20.0 Å². The van der Waals surface area contributed by atoms with E-state index < -0.39 is 12.2 Å². The number of carbonyl (C=O) groups is 1. The average molecular weight is 572 g/mol. The fraction of sp³-hybridized carbons (Fsp3) is 0.567. The number of halogens is 1. The molecule has 5 rings (SSSR count). The first-order valence-corrected chi connectivity index (χ1v) is 14.2. The predicted octanol–water partition coefficient (Wildman–Crippen LogP) is 4.39. The van der Waals surface area contributed by atoms with E-state index in [1.807, 2.05) is 20.8 Å². The Hall–Kier alpha value is -3.31. The van der Waals surface area contributed by atoms with Crippen LogP contribution in [0.2, 0.25) is 0 Å². The number of aromatic nitrogens is 3. The largest absolute Gasteiger partial charge is 0.411 e. The van der Waals surface area contributed by atoms with E-state index in [4.69, 9.17) is 9.26 Å². The quantitative estimate of drug-likeness (QED) is 0.304. The standard InChI is InChI=1S/C29H38FN5O5.CH3/c1-18(2)16-31-29(38)39-17-35(14-10-22-19(3)32-27-24(36)5-4-11-34(27)28(22)37)12-8-20(9-13-35)26-23-7-6-21(30)15-25(23)40-33-26;/h6-7,15,18,20,24,36H,4-5,8-14,16-17H2,1-3H3;1H3/q;-1/p+1. The zero-order valence-corrected chi connectivity index (χ0v) is 24.5. The molecule has 2 aromatic heterocycles. The summed E-state index contributed by atoms with van der Waals surface area (Å²) in [4.78, 5) is 30.4. The molecule has 2 aliphatic heterocycles. The van der Waals surface area contributed by atoms with Crippen molar-refractivity contribution in [3.8, 4) is 0 Å². The van der Waals surface area contributed by atoms with Crippen molar-refractivity contribution in [1.29, 1.82) is 0 Å². The number of fused-ring (bicyclic) bond motifs is 2. The van der Waals surface area contributed by atoms with Gasteiger partial charge in [-0.3, -0.25) is 13.8 Å². The number of aryl methyl sites for hydroxylation is 1. The van der Waals surface area contributed by atoms with Gasteiger partial charge in [0.2, 0.25) is 6.73 Å². The van der Waals surface area contributed by atoms with Crippen molar-refractivity contribution >= 4 is 17.1 Å². The lowest BCUT2D eigenvalue weighted by atomic mass is 9.90. The third kappa shape index (κ3) is 6.62. The Bertz CT molecular complexity index is 1430. The number of quaternary nitrogens is 1. The van der Waals surface area contributed by atoms with E-state index in [1.54, 1.807) is 10.6 Å². The molecule has 2 N–H and O–H groups in total. The topological polar surface area (TPSA) is 119 Å². The molecule has 11 heteroatoms. The Kier molecular flexibility index (Phi) is 9.48. The van der Waals surface area contributed by atoms with Crippen LogP contribution in [-0.4, -0.2) is 63.3 Å². The van der Waals surface area contributed by atoms with E-state index in [9.17, 15) is 19.1 Å². The number of carbonyl (C=O) groups excluding carboxylic acids is 1. The first-order valence-electron chi connectivity index (χ1n) is 14.2. The molecule has 10 nitrogen and oxygen atoms in total. The van der Waals surface area contributed by atoms with E-state index in [1.165, 1.54) is 12.1 Å². The second-order valence-electron chi connectivity index (χ2n) is 11.7. The van der Waals surface area contributed by atoms with Gasteiger partial charge in [0.05, 0.1) is 25.3 Å². The molecule has 0 spiro atoms. The molecule has 0 radical (unpaired) electrons. The van der Waals surface area contributed by atoms with E-state index in [0.29, 0.717) is 65.5 Å². The van der Waals surface area contributed by atoms with Crippen LogP contribution in [0.15, 0.2) is 27.5 Å². The van der Waals surface area contributed by atoms with Crippen LogP contribution in [0.5, 0.6) is 0 Å². The molecule has 1 saturated heterocycles. The lowest BCUT2D eigenvalue weighted by Crippen LogP contribution is -2.56. The first-order chi connectivity index (χ1) is 19.2. The first kappa shape index (κ1) is 30.6. The maximum absolute atomic E-state index is 13.7. The summed E-state index contributed by atoms with van der Waals surface area (Å²) in [6.07, 6.45) is 2.24. The number of aliphatic hydroxyl groups is 1. The number of benzene rings is 1. The monoisotopic (exact) mass is 571 g/mol. The summed E-state index contributed by atoms with van der Waals surface area (Å²) in [6.45, 7) is 9.19. The Morgan fingerprint density at radius 3 is 2.78 bits per heavy atom. The summed E-state index contributed by atoms with van der Waals surface area (Å²) in [5, 5.41) is 18.3. The number of hydrogen-bond donors (Lipinski definition) is 2. The Labute approximate surface area is 240 Å². The van der Waals surface area contributed by atoms with Gasteiger partial charge < -0.3 is 27.1 Å². The number of amides is 1. The molecule has 224 valence electrons. The molecule has 1 aromatic carbocycles. The van der Waals surface area contributed by atoms with Crippen molar-refractivity contribution in [2.45, 2.75) is 71.4 Å². The van der Waals surface area contributed by atoms with Gasteiger partial charge in [0.25, 0.3) is 5.56 Å². The summed E-state index contributed by atoms with van der Waals surface area (Å²) in [5.41, 5.74) is 2.46. The van der Waals surface area contributed by atoms with Gasteiger partial charge in [-0.05, 0) is 37.8 Å². The van der Waals surface area contributed by atoms with Crippen LogP contribution in [0, 0.1) is 26.1 Å². The molecule has 3 aromatic rings. The molecule has 0 saturated carbocycles. The number of piperidine rings is 1. The zero-order chi connectivity index (χ0) is 28.4. The SMILES string of the molecule is Cc1nc2n(c(=O)c1CC[N+]1(COC(=O)NCC(C)C)CCC(c3noc4cc(F)ccc34)CC1)CCCC2O.[CH3-]. The highest BCUT2D eigenvalue weighted by Gasteiger charge is 2.38. The molecule has 41 heavy (non-hydrogen) atoms. The summed E-state index contributed by atoms with van der Waals surface area (Å²) < 4.78 is 26.9. The van der Waals surface area contributed by atoms with Gasteiger partial charge in [0.1, 0.15) is 17.7 Å². The summed E-state index contributed by atoms with van der Waals surface area (Å²) in [7, 11) is 0. The normalized spacial score (nSPS) is 22.3. The average Bonchev–Trinajstić information content (AvgIpc) is 3.34. The molecule has 0 aliphatic carbocycles. The van der Waals surface area contributed by atoms with Gasteiger partial charge in [-0.1, -0.05) is 19.0 Å². The molecular formula is C30H42FN5O5. The van der Waals surface area contributed by atoms with Crippen molar-refractivity contribution < 1.29 is 28.0 Å². The molecule has 4 heterocycles. The van der Waals surface area contributed by atoms with Gasteiger partial charge in [-0.25, -0.2) is 14.2 Å². The van der Waals surface area contributed by atoms with Gasteiger partial charge in [-0.15, -0.1) is 0 Å². The Morgan fingerprint density at radius 1 is 1.29 bits per heavy atom. The Balaban J connectivity index is 0.00000387. The van der Waals surface area contributed by atoms with Crippen LogP contribution >= 0.6 is 0 Å². The summed E-state index contributed by atoms with van der Waals surface area (Å²) >= 11 is 0. The van der Waals surface area contributed by atoms with Gasteiger partial charge in [-0.2, -0.15) is 0 Å². The molecule has 2 aliphatic rings. The molecule has 1 unspecified atom stereocenters. The number of hydrogen-bond acceptors (Lipinski definition) is 7. The third-order valence-corrected chi connectivity index (χ3v) is 8.37. The predicted molar refractivity (Wildman–Crippen MR) is 153 cm³/mol. The van der Waals surface area contributed by atoms with Gasteiger partial charge in [0.15, 0.2) is 5.58 Å². The molecular weight excluding hydrogens is 529 g/mol. The van der Waals surface area contributed by atoms with Crippen LogP contribution < -0.4 is 10.9 Å². The number of nitrogens with zero attached hydrogens (tertiary/aromatic N) is 4. The minimum Gasteiger partial charge on any atom is -0.399 e.